The molecule has 0 unspecified atom stereocenters. The molecule has 10 nitrogen and oxygen atoms in total. The summed E-state index contributed by atoms with van der Waals surface area (Å²) in [7, 11) is 0. The number of aliphatic hydroxyl groups excluding tert-OH is 3. The molecular weight excluding hydrogens is 534 g/mol. The number of carbonyl (C=O) groups is 1. The van der Waals surface area contributed by atoms with Crippen molar-refractivity contribution >= 4 is 17.7 Å². The highest BCUT2D eigenvalue weighted by Gasteiger charge is 2.49. The van der Waals surface area contributed by atoms with Crippen molar-refractivity contribution in [1.82, 2.24) is 15.5 Å². The standard InChI is InChI=1S/C29H49N3O7S/c1-17(2)13-18-7-10-38-26-19(14-18)15-30-22(26)28(36)31-21-6-4-3-5-20(16-32-8-11-37-12-9-32)40-29-25(35)23(33)24(34)27(21)39-29/h3-4,17-27,29-30,33-35H,5-16H2,1-2H3,(H,31,36)/b4-3-/t18-,19-,20-,21+,22-,23-,24+,25+,26+,27+,29+/m0/s1. The van der Waals surface area contributed by atoms with Gasteiger partial charge in [0.05, 0.1) is 25.4 Å². The summed E-state index contributed by atoms with van der Waals surface area (Å²) in [5.41, 5.74) is -0.711. The molecule has 0 aromatic heterocycles. The Kier molecular flexibility index (Phi) is 10.8. The zero-order chi connectivity index (χ0) is 28.2. The van der Waals surface area contributed by atoms with Crippen LogP contribution in [0.15, 0.2) is 12.2 Å². The molecule has 0 aliphatic carbocycles. The Labute approximate surface area is 242 Å². The molecule has 40 heavy (non-hydrogen) atoms. The van der Waals surface area contributed by atoms with Gasteiger partial charge in [-0.1, -0.05) is 26.0 Å². The van der Waals surface area contributed by atoms with E-state index in [1.165, 1.54) is 18.2 Å². The van der Waals surface area contributed by atoms with E-state index >= 15 is 0 Å². The van der Waals surface area contributed by atoms with Crippen LogP contribution in [0, 0.1) is 17.8 Å². The number of amides is 1. The summed E-state index contributed by atoms with van der Waals surface area (Å²) < 4.78 is 18.0. The molecule has 5 aliphatic heterocycles. The molecule has 11 atom stereocenters. The number of carbonyl (C=O) groups excluding carboxylic acids is 1. The topological polar surface area (TPSA) is 133 Å². The molecular formula is C29H49N3O7S. The summed E-state index contributed by atoms with van der Waals surface area (Å²) in [5.74, 6) is 1.38. The number of rotatable bonds is 6. The molecule has 5 heterocycles. The minimum atomic E-state index is -1.36. The van der Waals surface area contributed by atoms with Crippen LogP contribution in [0.25, 0.3) is 0 Å². The molecule has 4 saturated heterocycles. The zero-order valence-corrected chi connectivity index (χ0v) is 24.7. The van der Waals surface area contributed by atoms with Crippen molar-refractivity contribution in [3.05, 3.63) is 12.2 Å². The normalized spacial score (nSPS) is 44.0. The second kappa shape index (κ2) is 14.1. The van der Waals surface area contributed by atoms with Crippen LogP contribution in [0.5, 0.6) is 0 Å². The minimum Gasteiger partial charge on any atom is -0.388 e. The van der Waals surface area contributed by atoms with E-state index in [4.69, 9.17) is 14.2 Å². The van der Waals surface area contributed by atoms with Crippen LogP contribution in [0.2, 0.25) is 0 Å². The minimum absolute atomic E-state index is 0.148. The first kappa shape index (κ1) is 30.7. The number of allylic oxidation sites excluding steroid dienone is 1. The number of hydrogen-bond acceptors (Lipinski definition) is 10. The lowest BCUT2D eigenvalue weighted by Crippen LogP contribution is -2.64. The van der Waals surface area contributed by atoms with Gasteiger partial charge in [0.25, 0.3) is 0 Å². The molecule has 228 valence electrons. The third-order valence-corrected chi connectivity index (χ3v) is 10.5. The average molecular weight is 584 g/mol. The first-order valence-corrected chi connectivity index (χ1v) is 16.2. The first-order chi connectivity index (χ1) is 19.3. The van der Waals surface area contributed by atoms with Gasteiger partial charge < -0.3 is 40.2 Å². The maximum absolute atomic E-state index is 13.6. The number of hydrogen-bond donors (Lipinski definition) is 5. The lowest BCUT2D eigenvalue weighted by atomic mass is 9.85. The van der Waals surface area contributed by atoms with Crippen molar-refractivity contribution in [2.75, 3.05) is 46.0 Å². The molecule has 0 aromatic rings. The molecule has 2 bridgehead atoms. The van der Waals surface area contributed by atoms with Crippen LogP contribution in [0.1, 0.15) is 46.0 Å². The first-order valence-electron chi connectivity index (χ1n) is 15.3. The maximum atomic E-state index is 13.6. The van der Waals surface area contributed by atoms with Crippen molar-refractivity contribution in [3.8, 4) is 0 Å². The smallest absolute Gasteiger partial charge is 0.240 e. The summed E-state index contributed by atoms with van der Waals surface area (Å²) in [6.07, 6.45) is 3.72. The van der Waals surface area contributed by atoms with Crippen molar-refractivity contribution in [3.63, 3.8) is 0 Å². The summed E-state index contributed by atoms with van der Waals surface area (Å²) >= 11 is 1.50. The van der Waals surface area contributed by atoms with Crippen molar-refractivity contribution in [2.45, 2.75) is 99.2 Å². The van der Waals surface area contributed by atoms with Gasteiger partial charge in [0.1, 0.15) is 35.9 Å². The van der Waals surface area contributed by atoms with Crippen molar-refractivity contribution < 1.29 is 34.3 Å². The summed E-state index contributed by atoms with van der Waals surface area (Å²) in [5, 5.41) is 39.2. The largest absolute Gasteiger partial charge is 0.388 e. The number of fused-ring (bicyclic) bond motifs is 3. The maximum Gasteiger partial charge on any atom is 0.240 e. The van der Waals surface area contributed by atoms with Crippen LogP contribution in [-0.4, -0.2) is 125 Å². The number of morpholine rings is 1. The molecule has 5 rings (SSSR count). The molecule has 4 fully saturated rings. The van der Waals surface area contributed by atoms with Gasteiger partial charge in [-0.05, 0) is 49.9 Å². The highest BCUT2D eigenvalue weighted by molar-refractivity contribution is 8.00. The van der Waals surface area contributed by atoms with Gasteiger partial charge >= 0.3 is 0 Å². The molecule has 0 spiro atoms. The van der Waals surface area contributed by atoms with Gasteiger partial charge in [0.15, 0.2) is 0 Å². The van der Waals surface area contributed by atoms with E-state index in [1.807, 2.05) is 6.08 Å². The number of thioether (sulfide) groups is 1. The second-order valence-corrected chi connectivity index (χ2v) is 14.1. The molecule has 5 N–H and O–H groups in total. The molecule has 11 heteroatoms. The summed E-state index contributed by atoms with van der Waals surface area (Å²) in [4.78, 5) is 16.0. The lowest BCUT2D eigenvalue weighted by molar-refractivity contribution is -0.205. The molecule has 0 saturated carbocycles. The predicted octanol–water partition coefficient (Wildman–Crippen LogP) is 0.492. The van der Waals surface area contributed by atoms with Crippen molar-refractivity contribution in [2.24, 2.45) is 17.8 Å². The van der Waals surface area contributed by atoms with Gasteiger partial charge in [-0.2, -0.15) is 0 Å². The molecule has 5 aliphatic rings. The Bertz CT molecular complexity index is 859. The van der Waals surface area contributed by atoms with E-state index < -0.39 is 41.9 Å². The highest BCUT2D eigenvalue weighted by Crippen LogP contribution is 2.36. The Morgan fingerprint density at radius 1 is 1.07 bits per heavy atom. The van der Waals surface area contributed by atoms with E-state index in [2.05, 4.69) is 35.5 Å². The highest BCUT2D eigenvalue weighted by atomic mass is 32.2. The van der Waals surface area contributed by atoms with Crippen LogP contribution >= 0.6 is 11.8 Å². The fourth-order valence-corrected chi connectivity index (χ4v) is 8.48. The Balaban J connectivity index is 1.26. The summed E-state index contributed by atoms with van der Waals surface area (Å²) in [6, 6.07) is -1.03. The average Bonchev–Trinajstić information content (AvgIpc) is 3.22. The molecule has 1 amide bonds. The van der Waals surface area contributed by atoms with Crippen LogP contribution in [-0.2, 0) is 19.0 Å². The monoisotopic (exact) mass is 583 g/mol. The van der Waals surface area contributed by atoms with Gasteiger partial charge in [0.2, 0.25) is 5.91 Å². The predicted molar refractivity (Wildman–Crippen MR) is 153 cm³/mol. The van der Waals surface area contributed by atoms with Crippen LogP contribution in [0.4, 0.5) is 0 Å². The van der Waals surface area contributed by atoms with E-state index in [1.54, 1.807) is 0 Å². The fourth-order valence-electron chi connectivity index (χ4n) is 7.06. The van der Waals surface area contributed by atoms with E-state index in [0.29, 0.717) is 44.0 Å². The third kappa shape index (κ3) is 7.41. The Morgan fingerprint density at radius 2 is 1.85 bits per heavy atom. The second-order valence-electron chi connectivity index (χ2n) is 12.7. The number of ether oxygens (including phenoxy) is 3. The van der Waals surface area contributed by atoms with Gasteiger partial charge in [-0.25, -0.2) is 0 Å². The molecule has 0 aromatic carbocycles. The van der Waals surface area contributed by atoms with Gasteiger partial charge in [-0.15, -0.1) is 11.8 Å². The number of nitrogens with one attached hydrogen (secondary N) is 2. The Hall–Kier alpha value is -0.760. The van der Waals surface area contributed by atoms with Crippen LogP contribution < -0.4 is 10.6 Å². The fraction of sp³-hybridized carbons (Fsp3) is 0.897. The van der Waals surface area contributed by atoms with Gasteiger partial charge in [0, 0.05) is 38.0 Å². The quantitative estimate of drug-likeness (QED) is 0.282. The van der Waals surface area contributed by atoms with E-state index in [9.17, 15) is 20.1 Å². The van der Waals surface area contributed by atoms with Crippen molar-refractivity contribution in [1.29, 1.82) is 0 Å². The third-order valence-electron chi connectivity index (χ3n) is 9.13. The van der Waals surface area contributed by atoms with Crippen LogP contribution in [0.3, 0.4) is 0 Å². The lowest BCUT2D eigenvalue weighted by Gasteiger charge is -2.45. The number of aliphatic hydroxyl groups is 3. The van der Waals surface area contributed by atoms with Gasteiger partial charge in [-0.3, -0.25) is 9.69 Å². The SMILES string of the molecule is CC(C)C[C@@H]1CCO[C@@H]2[C@H](CN[C@@H]2C(=O)N[C@@H]2C/C=C\C[C@@H](CN3CCOCC3)S[C@H]3O[C@H]2[C@H](O)[C@H](O)[C@H]3O)C1. The number of nitrogens with zero attached hydrogens (tertiary/aromatic N) is 1. The molecule has 0 radical (unpaired) electrons. The van der Waals surface area contributed by atoms with E-state index in [0.717, 1.165) is 45.4 Å². The zero-order valence-electron chi connectivity index (χ0n) is 23.9. The van der Waals surface area contributed by atoms with E-state index in [-0.39, 0.29) is 17.3 Å². The Morgan fingerprint density at radius 3 is 2.62 bits per heavy atom. The summed E-state index contributed by atoms with van der Waals surface area (Å²) in [6.45, 7) is 9.90.